The van der Waals surface area contributed by atoms with Crippen LogP contribution in [0.25, 0.3) is 0 Å². The minimum atomic E-state index is -0.0872. The highest BCUT2D eigenvalue weighted by Crippen LogP contribution is 2.17. The summed E-state index contributed by atoms with van der Waals surface area (Å²) in [6.07, 6.45) is 3.39. The fourth-order valence-corrected chi connectivity index (χ4v) is 2.06. The zero-order chi connectivity index (χ0) is 11.3. The Morgan fingerprint density at radius 1 is 1.47 bits per heavy atom. The van der Waals surface area contributed by atoms with E-state index in [1.54, 1.807) is 7.05 Å². The van der Waals surface area contributed by atoms with Gasteiger partial charge in [-0.25, -0.2) is 0 Å². The Bertz CT molecular complexity index is 241. The summed E-state index contributed by atoms with van der Waals surface area (Å²) in [5.74, 6) is 0.283. The molecule has 15 heavy (non-hydrogen) atoms. The van der Waals surface area contributed by atoms with Crippen LogP contribution in [0.1, 0.15) is 32.6 Å². The molecular formula is C11H20N2O2. The summed E-state index contributed by atoms with van der Waals surface area (Å²) >= 11 is 0. The second-order valence-electron chi connectivity index (χ2n) is 4.03. The first-order valence-electron chi connectivity index (χ1n) is 5.66. The van der Waals surface area contributed by atoms with Gasteiger partial charge in [0.2, 0.25) is 5.91 Å². The summed E-state index contributed by atoms with van der Waals surface area (Å²) < 4.78 is 0. The van der Waals surface area contributed by atoms with Crippen LogP contribution in [0.3, 0.4) is 0 Å². The van der Waals surface area contributed by atoms with Crippen LogP contribution in [0, 0.1) is 0 Å². The van der Waals surface area contributed by atoms with Crippen molar-refractivity contribution in [1.29, 1.82) is 0 Å². The number of likely N-dealkylation sites (N-methyl/N-ethyl adjacent to an activating group) is 1. The zero-order valence-electron chi connectivity index (χ0n) is 9.58. The van der Waals surface area contributed by atoms with Crippen molar-refractivity contribution in [2.45, 2.75) is 38.6 Å². The zero-order valence-corrected chi connectivity index (χ0v) is 9.58. The molecule has 0 radical (unpaired) electrons. The maximum Gasteiger partial charge on any atom is 0.237 e. The van der Waals surface area contributed by atoms with Gasteiger partial charge in [0.15, 0.2) is 0 Å². The maximum absolute atomic E-state index is 11.5. The molecule has 0 saturated carbocycles. The fraction of sp³-hybridized carbons (Fsp3) is 0.818. The third kappa shape index (κ3) is 3.30. The number of rotatable bonds is 5. The average Bonchev–Trinajstić information content (AvgIpc) is 2.65. The first-order chi connectivity index (χ1) is 7.19. The Morgan fingerprint density at radius 3 is 2.80 bits per heavy atom. The third-order valence-corrected chi connectivity index (χ3v) is 2.82. The lowest BCUT2D eigenvalue weighted by atomic mass is 10.2. The first kappa shape index (κ1) is 12.2. The van der Waals surface area contributed by atoms with E-state index in [0.717, 1.165) is 25.8 Å². The van der Waals surface area contributed by atoms with Crippen LogP contribution >= 0.6 is 0 Å². The topological polar surface area (TPSA) is 49.4 Å². The molecule has 0 aromatic heterocycles. The van der Waals surface area contributed by atoms with Crippen molar-refractivity contribution in [3.8, 4) is 0 Å². The largest absolute Gasteiger partial charge is 0.358 e. The third-order valence-electron chi connectivity index (χ3n) is 2.82. The van der Waals surface area contributed by atoms with E-state index in [0.29, 0.717) is 13.0 Å². The van der Waals surface area contributed by atoms with Crippen molar-refractivity contribution in [2.75, 3.05) is 20.1 Å². The Hall–Kier alpha value is -0.900. The Labute approximate surface area is 91.0 Å². The molecule has 1 fully saturated rings. The number of carbonyl (C=O) groups is 2. The summed E-state index contributed by atoms with van der Waals surface area (Å²) in [5, 5.41) is 2.65. The van der Waals surface area contributed by atoms with Gasteiger partial charge in [-0.1, -0.05) is 6.92 Å². The number of Topliss-reactive ketones (excluding diaryl/α,β-unsaturated/α-hetero) is 1. The summed E-state index contributed by atoms with van der Waals surface area (Å²) in [6.45, 7) is 3.30. The highest BCUT2D eigenvalue weighted by atomic mass is 16.2. The molecule has 0 bridgehead atoms. The lowest BCUT2D eigenvalue weighted by Crippen LogP contribution is -2.43. The second-order valence-corrected chi connectivity index (χ2v) is 4.03. The van der Waals surface area contributed by atoms with Crippen LogP contribution in [0.5, 0.6) is 0 Å². The molecule has 1 amide bonds. The van der Waals surface area contributed by atoms with E-state index in [1.807, 2.05) is 11.8 Å². The van der Waals surface area contributed by atoms with Crippen LogP contribution in [0.2, 0.25) is 0 Å². The van der Waals surface area contributed by atoms with Crippen molar-refractivity contribution in [3.63, 3.8) is 0 Å². The fourth-order valence-electron chi connectivity index (χ4n) is 2.06. The molecule has 0 aromatic rings. The molecule has 4 nitrogen and oxygen atoms in total. The summed E-state index contributed by atoms with van der Waals surface area (Å²) in [7, 11) is 1.65. The molecule has 86 valence electrons. The van der Waals surface area contributed by atoms with Crippen LogP contribution < -0.4 is 5.32 Å². The van der Waals surface area contributed by atoms with Crippen LogP contribution in [-0.4, -0.2) is 42.8 Å². The number of nitrogens with zero attached hydrogens (tertiary/aromatic N) is 1. The van der Waals surface area contributed by atoms with E-state index in [-0.39, 0.29) is 17.7 Å². The van der Waals surface area contributed by atoms with Gasteiger partial charge in [-0.3, -0.25) is 14.5 Å². The van der Waals surface area contributed by atoms with E-state index in [9.17, 15) is 9.59 Å². The van der Waals surface area contributed by atoms with Gasteiger partial charge < -0.3 is 5.32 Å². The highest BCUT2D eigenvalue weighted by Gasteiger charge is 2.30. The van der Waals surface area contributed by atoms with Crippen LogP contribution in [0.4, 0.5) is 0 Å². The average molecular weight is 212 g/mol. The summed E-state index contributed by atoms with van der Waals surface area (Å²) in [4.78, 5) is 25.0. The second kappa shape index (κ2) is 5.85. The number of ketones is 1. The van der Waals surface area contributed by atoms with Crippen molar-refractivity contribution < 1.29 is 9.59 Å². The number of carbonyl (C=O) groups excluding carboxylic acids is 2. The van der Waals surface area contributed by atoms with Gasteiger partial charge in [0.25, 0.3) is 0 Å². The van der Waals surface area contributed by atoms with E-state index >= 15 is 0 Å². The molecule has 1 heterocycles. The van der Waals surface area contributed by atoms with E-state index < -0.39 is 0 Å². The molecule has 0 spiro atoms. The summed E-state index contributed by atoms with van der Waals surface area (Å²) in [5.41, 5.74) is 0. The van der Waals surface area contributed by atoms with Crippen molar-refractivity contribution in [3.05, 3.63) is 0 Å². The number of likely N-dealkylation sites (tertiary alicyclic amines) is 1. The van der Waals surface area contributed by atoms with Gasteiger partial charge in [0.1, 0.15) is 5.78 Å². The summed E-state index contributed by atoms with van der Waals surface area (Å²) in [6, 6.07) is -0.0872. The van der Waals surface area contributed by atoms with Crippen LogP contribution in [0.15, 0.2) is 0 Å². The lowest BCUT2D eigenvalue weighted by Gasteiger charge is -2.21. The predicted octanol–water partition coefficient (Wildman–Crippen LogP) is 0.566. The van der Waals surface area contributed by atoms with E-state index in [4.69, 9.17) is 0 Å². The van der Waals surface area contributed by atoms with Gasteiger partial charge in [0.05, 0.1) is 12.6 Å². The molecule has 1 rings (SSSR count). The number of amides is 1. The monoisotopic (exact) mass is 212 g/mol. The normalized spacial score (nSPS) is 21.6. The first-order valence-corrected chi connectivity index (χ1v) is 5.66. The van der Waals surface area contributed by atoms with Gasteiger partial charge >= 0.3 is 0 Å². The molecule has 0 aromatic carbocycles. The number of hydrogen-bond donors (Lipinski definition) is 1. The van der Waals surface area contributed by atoms with Crippen molar-refractivity contribution in [1.82, 2.24) is 10.2 Å². The molecule has 1 N–H and O–H groups in total. The Balaban J connectivity index is 2.46. The molecule has 1 saturated heterocycles. The molecule has 0 aliphatic carbocycles. The molecule has 1 unspecified atom stereocenters. The van der Waals surface area contributed by atoms with Gasteiger partial charge in [0, 0.05) is 13.5 Å². The van der Waals surface area contributed by atoms with Crippen molar-refractivity contribution in [2.24, 2.45) is 0 Å². The van der Waals surface area contributed by atoms with Crippen LogP contribution in [-0.2, 0) is 9.59 Å². The minimum absolute atomic E-state index is 0.0387. The molecular weight excluding hydrogens is 192 g/mol. The van der Waals surface area contributed by atoms with Gasteiger partial charge in [-0.05, 0) is 25.8 Å². The van der Waals surface area contributed by atoms with Gasteiger partial charge in [-0.2, -0.15) is 0 Å². The highest BCUT2D eigenvalue weighted by molar-refractivity contribution is 5.84. The molecule has 1 aliphatic heterocycles. The maximum atomic E-state index is 11.5. The Morgan fingerprint density at radius 2 is 2.20 bits per heavy atom. The van der Waals surface area contributed by atoms with Gasteiger partial charge in [-0.15, -0.1) is 0 Å². The standard InChI is InChI=1S/C11H20N2O2/c1-3-5-9(14)8-13-7-4-6-10(13)11(15)12-2/h10H,3-8H2,1-2H3,(H,12,15). The number of hydrogen-bond acceptors (Lipinski definition) is 3. The van der Waals surface area contributed by atoms with E-state index in [1.165, 1.54) is 0 Å². The molecule has 1 aliphatic rings. The van der Waals surface area contributed by atoms with E-state index in [2.05, 4.69) is 5.32 Å². The molecule has 1 atom stereocenters. The SMILES string of the molecule is CCCC(=O)CN1CCCC1C(=O)NC. The lowest BCUT2D eigenvalue weighted by molar-refractivity contribution is -0.126. The predicted molar refractivity (Wildman–Crippen MR) is 58.6 cm³/mol. The minimum Gasteiger partial charge on any atom is -0.358 e. The quantitative estimate of drug-likeness (QED) is 0.724. The molecule has 4 heteroatoms. The van der Waals surface area contributed by atoms with Crippen molar-refractivity contribution >= 4 is 11.7 Å². The number of nitrogens with one attached hydrogen (secondary N) is 1. The smallest absolute Gasteiger partial charge is 0.237 e. The Kier molecular flexibility index (Phi) is 4.75.